The molecule has 0 amide bonds. The largest absolute Gasteiger partial charge is 0.250 e. The fourth-order valence-electron chi connectivity index (χ4n) is 0.830. The van der Waals surface area contributed by atoms with Crippen molar-refractivity contribution in [3.05, 3.63) is 0 Å². The Labute approximate surface area is 74.4 Å². The molecule has 74 valence electrons. The molecule has 0 N–H and O–H groups in total. The zero-order valence-electron chi connectivity index (χ0n) is 8.75. The Bertz CT molecular complexity index is 131. The van der Waals surface area contributed by atoms with E-state index < -0.39 is 11.8 Å². The number of rotatable bonds is 3. The van der Waals surface area contributed by atoms with Gasteiger partial charge in [-0.15, -0.1) is 0 Å². The standard InChI is InChI=1S/C10H20F2/c1-8(2)10(11,12)7-6-9(3,4)5/h8H,6-7H2,1-5H3. The number of hydrogen-bond donors (Lipinski definition) is 0. The van der Waals surface area contributed by atoms with Gasteiger partial charge in [0.25, 0.3) is 0 Å². The fraction of sp³-hybridized carbons (Fsp3) is 1.00. The van der Waals surface area contributed by atoms with Crippen LogP contribution in [0.2, 0.25) is 0 Å². The lowest BCUT2D eigenvalue weighted by molar-refractivity contribution is -0.0595. The van der Waals surface area contributed by atoms with Crippen LogP contribution in [0.1, 0.15) is 47.5 Å². The molecule has 0 saturated heterocycles. The van der Waals surface area contributed by atoms with Gasteiger partial charge >= 0.3 is 0 Å². The zero-order valence-corrected chi connectivity index (χ0v) is 8.75. The summed E-state index contributed by atoms with van der Waals surface area (Å²) in [5.74, 6) is -3.03. The molecule has 0 aliphatic rings. The third-order valence-corrected chi connectivity index (χ3v) is 2.05. The third-order valence-electron chi connectivity index (χ3n) is 2.05. The van der Waals surface area contributed by atoms with Gasteiger partial charge in [-0.1, -0.05) is 34.6 Å². The minimum atomic E-state index is -2.49. The highest BCUT2D eigenvalue weighted by molar-refractivity contribution is 4.74. The van der Waals surface area contributed by atoms with Crippen LogP contribution >= 0.6 is 0 Å². The first-order valence-corrected chi connectivity index (χ1v) is 4.53. The highest BCUT2D eigenvalue weighted by atomic mass is 19.3. The van der Waals surface area contributed by atoms with Crippen molar-refractivity contribution >= 4 is 0 Å². The summed E-state index contributed by atoms with van der Waals surface area (Å²) in [7, 11) is 0. The van der Waals surface area contributed by atoms with Gasteiger partial charge in [-0.2, -0.15) is 0 Å². The van der Waals surface area contributed by atoms with Crippen molar-refractivity contribution in [2.24, 2.45) is 11.3 Å². The van der Waals surface area contributed by atoms with Gasteiger partial charge in [-0.3, -0.25) is 0 Å². The van der Waals surface area contributed by atoms with Crippen molar-refractivity contribution in [1.82, 2.24) is 0 Å². The van der Waals surface area contributed by atoms with E-state index in [0.717, 1.165) is 0 Å². The summed E-state index contributed by atoms with van der Waals surface area (Å²) in [5.41, 5.74) is 0.0122. The highest BCUT2D eigenvalue weighted by Crippen LogP contribution is 2.33. The monoisotopic (exact) mass is 178 g/mol. The normalized spacial score (nSPS) is 14.0. The average molecular weight is 178 g/mol. The van der Waals surface area contributed by atoms with Crippen molar-refractivity contribution in [2.45, 2.75) is 53.4 Å². The molecule has 0 radical (unpaired) electrons. The van der Waals surface area contributed by atoms with E-state index in [2.05, 4.69) is 0 Å². The summed E-state index contributed by atoms with van der Waals surface area (Å²) in [4.78, 5) is 0. The van der Waals surface area contributed by atoms with Crippen molar-refractivity contribution in [3.63, 3.8) is 0 Å². The van der Waals surface area contributed by atoms with Crippen LogP contribution in [0.3, 0.4) is 0 Å². The van der Waals surface area contributed by atoms with Crippen LogP contribution < -0.4 is 0 Å². The lowest BCUT2D eigenvalue weighted by Gasteiger charge is -2.25. The fourth-order valence-corrected chi connectivity index (χ4v) is 0.830. The highest BCUT2D eigenvalue weighted by Gasteiger charge is 2.33. The first kappa shape index (κ1) is 11.9. The molecule has 0 aliphatic carbocycles. The van der Waals surface area contributed by atoms with Gasteiger partial charge in [-0.25, -0.2) is 8.78 Å². The molecule has 0 bridgehead atoms. The van der Waals surface area contributed by atoms with E-state index >= 15 is 0 Å². The van der Waals surface area contributed by atoms with Crippen LogP contribution in [0.25, 0.3) is 0 Å². The predicted octanol–water partition coefficient (Wildman–Crippen LogP) is 4.10. The average Bonchev–Trinajstić information content (AvgIpc) is 1.82. The van der Waals surface area contributed by atoms with Crippen LogP contribution in [-0.2, 0) is 0 Å². The SMILES string of the molecule is CC(C)C(F)(F)CCC(C)(C)C. The van der Waals surface area contributed by atoms with Crippen molar-refractivity contribution in [3.8, 4) is 0 Å². The zero-order chi connectivity index (χ0) is 9.99. The van der Waals surface area contributed by atoms with E-state index in [-0.39, 0.29) is 11.8 Å². The number of alkyl halides is 2. The summed E-state index contributed by atoms with van der Waals surface area (Å²) in [6, 6.07) is 0. The first-order chi connectivity index (χ1) is 5.15. The molecule has 0 fully saturated rings. The van der Waals surface area contributed by atoms with E-state index in [1.807, 2.05) is 20.8 Å². The second-order valence-corrected chi connectivity index (χ2v) is 4.98. The Morgan fingerprint density at radius 2 is 1.42 bits per heavy atom. The lowest BCUT2D eigenvalue weighted by atomic mass is 9.87. The summed E-state index contributed by atoms with van der Waals surface area (Å²) >= 11 is 0. The smallest absolute Gasteiger partial charge is 0.207 e. The van der Waals surface area contributed by atoms with E-state index in [0.29, 0.717) is 6.42 Å². The molecule has 0 saturated carbocycles. The van der Waals surface area contributed by atoms with E-state index in [9.17, 15) is 8.78 Å². The summed E-state index contributed by atoms with van der Waals surface area (Å²) in [5, 5.41) is 0. The minimum Gasteiger partial charge on any atom is -0.207 e. The summed E-state index contributed by atoms with van der Waals surface area (Å²) in [6.45, 7) is 9.11. The molecule has 0 unspecified atom stereocenters. The number of halogens is 2. The van der Waals surface area contributed by atoms with Crippen LogP contribution in [0.5, 0.6) is 0 Å². The summed E-state index contributed by atoms with van der Waals surface area (Å²) < 4.78 is 26.2. The molecule has 0 spiro atoms. The van der Waals surface area contributed by atoms with Gasteiger partial charge in [0.05, 0.1) is 0 Å². The molecule has 0 atom stereocenters. The van der Waals surface area contributed by atoms with Crippen molar-refractivity contribution in [2.75, 3.05) is 0 Å². The van der Waals surface area contributed by atoms with Crippen LogP contribution in [-0.4, -0.2) is 5.92 Å². The molecular weight excluding hydrogens is 158 g/mol. The molecular formula is C10H20F2. The quantitative estimate of drug-likeness (QED) is 0.610. The van der Waals surface area contributed by atoms with Crippen molar-refractivity contribution < 1.29 is 8.78 Å². The molecule has 0 aliphatic heterocycles. The van der Waals surface area contributed by atoms with Crippen LogP contribution in [0.15, 0.2) is 0 Å². The molecule has 0 rings (SSSR count). The Hall–Kier alpha value is -0.140. The molecule has 0 nitrogen and oxygen atoms in total. The molecule has 0 aromatic carbocycles. The van der Waals surface area contributed by atoms with Gasteiger partial charge < -0.3 is 0 Å². The third kappa shape index (κ3) is 4.68. The molecule has 0 aromatic heterocycles. The molecule has 12 heavy (non-hydrogen) atoms. The Kier molecular flexibility index (Phi) is 3.67. The van der Waals surface area contributed by atoms with Gasteiger partial charge in [0, 0.05) is 12.3 Å². The first-order valence-electron chi connectivity index (χ1n) is 4.53. The van der Waals surface area contributed by atoms with Crippen LogP contribution in [0, 0.1) is 11.3 Å². The van der Waals surface area contributed by atoms with E-state index in [1.165, 1.54) is 0 Å². The van der Waals surface area contributed by atoms with Crippen LogP contribution in [0.4, 0.5) is 8.78 Å². The second-order valence-electron chi connectivity index (χ2n) is 4.98. The Morgan fingerprint density at radius 3 is 1.67 bits per heavy atom. The molecule has 0 aromatic rings. The lowest BCUT2D eigenvalue weighted by Crippen LogP contribution is -2.25. The molecule has 2 heteroatoms. The van der Waals surface area contributed by atoms with Gasteiger partial charge in [0.1, 0.15) is 0 Å². The van der Waals surface area contributed by atoms with Gasteiger partial charge in [0.15, 0.2) is 0 Å². The van der Waals surface area contributed by atoms with E-state index in [4.69, 9.17) is 0 Å². The second kappa shape index (κ2) is 3.71. The topological polar surface area (TPSA) is 0 Å². The predicted molar refractivity (Wildman–Crippen MR) is 48.5 cm³/mol. The van der Waals surface area contributed by atoms with Gasteiger partial charge in [-0.05, 0) is 11.8 Å². The summed E-state index contributed by atoms with van der Waals surface area (Å²) in [6.07, 6.45) is 0.590. The molecule has 0 heterocycles. The Balaban J connectivity index is 3.93. The van der Waals surface area contributed by atoms with E-state index in [1.54, 1.807) is 13.8 Å². The van der Waals surface area contributed by atoms with Crippen molar-refractivity contribution in [1.29, 1.82) is 0 Å². The van der Waals surface area contributed by atoms with Gasteiger partial charge in [0.2, 0.25) is 5.92 Å². The Morgan fingerprint density at radius 1 is 1.00 bits per heavy atom. The maximum Gasteiger partial charge on any atom is 0.250 e. The maximum atomic E-state index is 13.1. The minimum absolute atomic E-state index is 0.00810. The maximum absolute atomic E-state index is 13.1. The number of hydrogen-bond acceptors (Lipinski definition) is 0.